The summed E-state index contributed by atoms with van der Waals surface area (Å²) in [6.07, 6.45) is 3.46. The minimum Gasteiger partial charge on any atom is -0.506 e. The topological polar surface area (TPSA) is 400 Å². The number of carbonyl (C=O) groups excluding carboxylic acids is 10. The number of carbonyl (C=O) groups is 11. The van der Waals surface area contributed by atoms with Crippen molar-refractivity contribution in [2.45, 2.75) is 187 Å². The predicted octanol–water partition coefficient (Wildman–Crippen LogP) is 6.65. The van der Waals surface area contributed by atoms with Crippen molar-refractivity contribution in [3.8, 4) is 5.75 Å². The first-order chi connectivity index (χ1) is 53.9. The maximum Gasteiger partial charge on any atom is 0.306 e. The fourth-order valence-electron chi connectivity index (χ4n) is 11.9. The Labute approximate surface area is 675 Å². The summed E-state index contributed by atoms with van der Waals surface area (Å²) in [5, 5.41) is 33.5. The summed E-state index contributed by atoms with van der Waals surface area (Å²) in [5.74, 6) is -6.85. The number of esters is 1. The van der Waals surface area contributed by atoms with Gasteiger partial charge in [0.1, 0.15) is 23.1 Å². The van der Waals surface area contributed by atoms with Gasteiger partial charge in [0.15, 0.2) is 17.7 Å². The molecule has 8 atom stereocenters. The SMILES string of the molecule is CC[C@H](C)[C@H](CC(=O)C(C)(C)N(C)C)C(=O)N(C)[C@H](C[C@@H](OC(C)=O)c1nc(C(=O)N[C@@H](Cc2ccc(O)c(NC(=O)CCCCC(=O)[C@H](CCCCNC(=O)COCCOCCOCCOCCOCCOCCOCCOCCOCCOC)NC(=O)CCCN3C(=O)CC(SC)C3=O)c2)C[C@H](C)C(=O)O)cs1)C(C)C. The summed E-state index contributed by atoms with van der Waals surface area (Å²) in [6.45, 7) is 21.9. The van der Waals surface area contributed by atoms with Gasteiger partial charge in [0.25, 0.3) is 5.91 Å². The van der Waals surface area contributed by atoms with Gasteiger partial charge in [-0.25, -0.2) is 4.98 Å². The first kappa shape index (κ1) is 101. The zero-order valence-electron chi connectivity index (χ0n) is 68.9. The monoisotopic (exact) mass is 1640 g/mol. The molecule has 34 heteroatoms. The number of hydrogen-bond donors (Lipinski definition) is 6. The number of Topliss-reactive ketones (excluding diaryl/α,β-unsaturated/α-hetero) is 2. The molecule has 1 aromatic heterocycles. The molecule has 642 valence electrons. The van der Waals surface area contributed by atoms with E-state index in [-0.39, 0.29) is 179 Å². The minimum atomic E-state index is -1.11. The lowest BCUT2D eigenvalue weighted by atomic mass is 9.81. The van der Waals surface area contributed by atoms with Gasteiger partial charge < -0.3 is 88.5 Å². The number of ether oxygens (including phenoxy) is 11. The van der Waals surface area contributed by atoms with Crippen LogP contribution in [0.2, 0.25) is 0 Å². The lowest BCUT2D eigenvalue weighted by molar-refractivity contribution is -0.150. The number of methoxy groups -OCH3 is 1. The molecule has 1 saturated heterocycles. The van der Waals surface area contributed by atoms with Crippen LogP contribution in [0.25, 0.3) is 0 Å². The number of carboxylic acids is 1. The highest BCUT2D eigenvalue weighted by Crippen LogP contribution is 2.34. The quantitative estimate of drug-likeness (QED) is 0.0175. The summed E-state index contributed by atoms with van der Waals surface area (Å²) in [6, 6.07) is 2.25. The number of phenolic OH excluding ortho intramolecular Hbond substituents is 1. The first-order valence-corrected chi connectivity index (χ1v) is 41.5. The van der Waals surface area contributed by atoms with Crippen LogP contribution >= 0.6 is 23.1 Å². The molecule has 1 aliphatic heterocycles. The van der Waals surface area contributed by atoms with Crippen molar-refractivity contribution in [3.05, 3.63) is 39.8 Å². The molecule has 1 aliphatic rings. The number of phenols is 1. The summed E-state index contributed by atoms with van der Waals surface area (Å²) in [5.41, 5.74) is -0.265. The second-order valence-corrected chi connectivity index (χ2v) is 30.9. The predicted molar refractivity (Wildman–Crippen MR) is 425 cm³/mol. The zero-order valence-corrected chi connectivity index (χ0v) is 70.6. The maximum absolute atomic E-state index is 14.5. The number of nitrogens with one attached hydrogen (secondary N) is 4. The van der Waals surface area contributed by atoms with Crippen LogP contribution in [0.3, 0.4) is 0 Å². The van der Waals surface area contributed by atoms with Crippen molar-refractivity contribution in [3.63, 3.8) is 0 Å². The number of hydrogen-bond acceptors (Lipinski definition) is 27. The molecule has 113 heavy (non-hydrogen) atoms. The van der Waals surface area contributed by atoms with Crippen LogP contribution in [-0.4, -0.2) is 297 Å². The van der Waals surface area contributed by atoms with E-state index in [1.807, 2.05) is 60.5 Å². The zero-order chi connectivity index (χ0) is 83.7. The molecule has 0 bridgehead atoms. The summed E-state index contributed by atoms with van der Waals surface area (Å²) in [7, 11) is 6.96. The van der Waals surface area contributed by atoms with Crippen LogP contribution in [0.1, 0.15) is 172 Å². The number of anilines is 1. The van der Waals surface area contributed by atoms with E-state index < -0.39 is 76.5 Å². The Morgan fingerprint density at radius 1 is 0.708 bits per heavy atom. The average Bonchev–Trinajstić information content (AvgIpc) is 1.76. The second-order valence-electron chi connectivity index (χ2n) is 29.0. The molecule has 1 unspecified atom stereocenters. The number of imide groups is 1. The van der Waals surface area contributed by atoms with Crippen LogP contribution in [-0.2, 0) is 106 Å². The Bertz CT molecular complexity index is 3180. The van der Waals surface area contributed by atoms with Gasteiger partial charge in [-0.1, -0.05) is 47.1 Å². The van der Waals surface area contributed by atoms with Gasteiger partial charge in [0.2, 0.25) is 35.4 Å². The third-order valence-corrected chi connectivity index (χ3v) is 21.3. The van der Waals surface area contributed by atoms with E-state index in [1.165, 1.54) is 43.1 Å². The number of thiazole rings is 1. The molecule has 0 radical (unpaired) electrons. The van der Waals surface area contributed by atoms with Gasteiger partial charge in [-0.2, -0.15) is 11.8 Å². The molecule has 0 aliphatic carbocycles. The van der Waals surface area contributed by atoms with Crippen LogP contribution < -0.4 is 21.3 Å². The van der Waals surface area contributed by atoms with Gasteiger partial charge in [-0.15, -0.1) is 11.3 Å². The number of likely N-dealkylation sites (tertiary alicyclic amines) is 1. The Balaban J connectivity index is 1.49. The van der Waals surface area contributed by atoms with Crippen LogP contribution in [0.4, 0.5) is 5.69 Å². The van der Waals surface area contributed by atoms with E-state index in [0.29, 0.717) is 131 Å². The summed E-state index contributed by atoms with van der Waals surface area (Å²) < 4.78 is 60.0. The van der Waals surface area contributed by atoms with Gasteiger partial charge in [-0.05, 0) is 115 Å². The third kappa shape index (κ3) is 40.7. The number of carboxylic acid groups (broad SMARTS) is 1. The van der Waals surface area contributed by atoms with Crippen molar-refractivity contribution in [2.75, 3.05) is 178 Å². The fourth-order valence-corrected chi connectivity index (χ4v) is 13.4. The number of amides is 7. The minimum absolute atomic E-state index is 0.000878. The van der Waals surface area contributed by atoms with E-state index in [0.717, 1.165) is 16.2 Å². The first-order valence-electron chi connectivity index (χ1n) is 39.4. The number of aliphatic carboxylic acids is 1. The van der Waals surface area contributed by atoms with Gasteiger partial charge >= 0.3 is 11.9 Å². The largest absolute Gasteiger partial charge is 0.506 e. The molecular formula is C79H130N8O24S2. The number of rotatable bonds is 67. The molecule has 1 fully saturated rings. The number of nitrogens with zero attached hydrogens (tertiary/aromatic N) is 4. The summed E-state index contributed by atoms with van der Waals surface area (Å²) >= 11 is 2.37. The fraction of sp³-hybridized carbons (Fsp3) is 0.747. The molecule has 3 rings (SSSR count). The molecular weight excluding hydrogens is 1510 g/mol. The van der Waals surface area contributed by atoms with Crippen molar-refractivity contribution < 1.29 is 115 Å². The van der Waals surface area contributed by atoms with E-state index in [9.17, 15) is 63.0 Å². The van der Waals surface area contributed by atoms with E-state index in [1.54, 1.807) is 31.4 Å². The van der Waals surface area contributed by atoms with Crippen molar-refractivity contribution >= 4 is 93.6 Å². The number of ketones is 2. The van der Waals surface area contributed by atoms with Crippen molar-refractivity contribution in [2.24, 2.45) is 23.7 Å². The van der Waals surface area contributed by atoms with E-state index in [2.05, 4.69) is 26.3 Å². The highest BCUT2D eigenvalue weighted by Gasteiger charge is 2.40. The smallest absolute Gasteiger partial charge is 0.306 e. The number of likely N-dealkylation sites (N-methyl/N-ethyl adjacent to an activating group) is 1. The van der Waals surface area contributed by atoms with E-state index >= 15 is 0 Å². The van der Waals surface area contributed by atoms with Crippen LogP contribution in [0.15, 0.2) is 23.6 Å². The number of aromatic hydroxyl groups is 1. The summed E-state index contributed by atoms with van der Waals surface area (Å²) in [4.78, 5) is 155. The lowest BCUT2D eigenvalue weighted by Crippen LogP contribution is -2.50. The van der Waals surface area contributed by atoms with E-state index in [4.69, 9.17) is 52.1 Å². The Kier molecular flexibility index (Phi) is 51.1. The Morgan fingerprint density at radius 2 is 1.26 bits per heavy atom. The molecule has 2 aromatic rings. The van der Waals surface area contributed by atoms with Crippen LogP contribution in [0.5, 0.6) is 5.75 Å². The number of aromatic nitrogens is 1. The molecule has 7 amide bonds. The van der Waals surface area contributed by atoms with Gasteiger partial charge in [0.05, 0.1) is 147 Å². The molecule has 0 saturated carbocycles. The van der Waals surface area contributed by atoms with Crippen LogP contribution in [0, 0.1) is 23.7 Å². The molecule has 2 heterocycles. The Morgan fingerprint density at radius 3 is 1.77 bits per heavy atom. The maximum atomic E-state index is 14.5. The standard InChI is InChI=1S/C79H130N8O24S2/c1-14-55(4)60(49-69(91)79(7,8)85(9)10)76(97)86(11)64(54(2)3)50-67(111-57(6)88)75-84-63(53-113-75)74(96)81-59(46-56(5)78(99)100)47-58-24-25-66(90)62(48-58)83-70(92)22-16-15-21-65(89)61(82-71(93)23-19-27-87-73(95)51-68(112-13)77(87)98)20-17-18-26-80-72(94)52-110-45-44-109-43-42-108-41-40-107-39-38-106-37-36-105-35-34-104-33-32-103-31-30-102-29-28-101-12/h24-25,48,53-56,59-61,64,67-68,90H,14-23,26-47,49-52H2,1-13H3,(H,80,94)(H,81,96)(H,82,93)(H,83,92)(H,99,100)/t55-,56-,59+,60-,61-,64+,67+,68?/m0/s1. The highest BCUT2D eigenvalue weighted by atomic mass is 32.2. The number of unbranched alkanes of at least 4 members (excludes halogenated alkanes) is 2. The third-order valence-electron chi connectivity index (χ3n) is 19.4. The second kappa shape index (κ2) is 57.4. The van der Waals surface area contributed by atoms with Gasteiger partial charge in [-0.3, -0.25) is 62.5 Å². The lowest BCUT2D eigenvalue weighted by Gasteiger charge is -2.38. The van der Waals surface area contributed by atoms with Gasteiger partial charge in [0, 0.05) is 96.1 Å². The molecule has 0 spiro atoms. The molecule has 6 N–H and O–H groups in total. The Hall–Kier alpha value is -6.67. The average molecular weight is 1640 g/mol. The van der Waals surface area contributed by atoms with Crippen molar-refractivity contribution in [1.29, 1.82) is 0 Å². The number of benzene rings is 1. The molecule has 1 aromatic carbocycles. The highest BCUT2D eigenvalue weighted by molar-refractivity contribution is 8.00. The number of thioether (sulfide) groups is 1. The normalized spacial score (nSPS) is 15.0. The molecule has 32 nitrogen and oxygen atoms in total. The van der Waals surface area contributed by atoms with Crippen molar-refractivity contribution in [1.82, 2.24) is 35.6 Å².